The van der Waals surface area contributed by atoms with Crippen LogP contribution in [-0.2, 0) is 12.1 Å². The van der Waals surface area contributed by atoms with Crippen LogP contribution in [0.15, 0.2) is 10.9 Å². The van der Waals surface area contributed by atoms with E-state index in [1.54, 1.807) is 18.5 Å². The molecule has 1 unspecified atom stereocenters. The average molecular weight is 307 g/mol. The second-order valence-corrected chi connectivity index (χ2v) is 5.99. The molecule has 2 N–H and O–H groups in total. The lowest BCUT2D eigenvalue weighted by Gasteiger charge is -2.21. The zero-order valence-corrected chi connectivity index (χ0v) is 13.4. The number of hydrogen-bond donors (Lipinski definition) is 2. The minimum absolute atomic E-state index is 0.196. The molecule has 22 heavy (non-hydrogen) atoms. The Morgan fingerprint density at radius 2 is 2.18 bits per heavy atom. The van der Waals surface area contributed by atoms with E-state index in [1.165, 1.54) is 6.33 Å². The first-order valence-electron chi connectivity index (χ1n) is 7.01. The predicted octanol–water partition coefficient (Wildman–Crippen LogP) is 1.28. The van der Waals surface area contributed by atoms with Crippen molar-refractivity contribution in [2.45, 2.75) is 52.7 Å². The third kappa shape index (κ3) is 3.80. The van der Waals surface area contributed by atoms with Gasteiger partial charge in [-0.15, -0.1) is 0 Å². The molecule has 1 atom stereocenters. The van der Waals surface area contributed by atoms with Crippen LogP contribution in [0.2, 0.25) is 0 Å². The van der Waals surface area contributed by atoms with Crippen molar-refractivity contribution in [1.82, 2.24) is 35.5 Å². The fourth-order valence-electron chi connectivity index (χ4n) is 1.90. The molecule has 9 heteroatoms. The zero-order valence-electron chi connectivity index (χ0n) is 13.4. The van der Waals surface area contributed by atoms with Crippen molar-refractivity contribution in [2.75, 3.05) is 0 Å². The molecule has 0 radical (unpaired) electrons. The predicted molar refractivity (Wildman–Crippen MR) is 77.8 cm³/mol. The molecule has 0 bridgehead atoms. The number of amides is 2. The Kier molecular flexibility index (Phi) is 4.43. The number of urea groups is 1. The summed E-state index contributed by atoms with van der Waals surface area (Å²) < 4.78 is 6.79. The molecule has 2 aromatic heterocycles. The lowest BCUT2D eigenvalue weighted by atomic mass is 10.1. The van der Waals surface area contributed by atoms with Gasteiger partial charge in [0.1, 0.15) is 18.2 Å². The van der Waals surface area contributed by atoms with Gasteiger partial charge in [-0.25, -0.2) is 14.5 Å². The summed E-state index contributed by atoms with van der Waals surface area (Å²) in [5.41, 5.74) is -0.196. The number of hydrogen-bond acceptors (Lipinski definition) is 6. The monoisotopic (exact) mass is 307 g/mol. The molecule has 0 aliphatic rings. The number of nitrogens with one attached hydrogen (secondary N) is 2. The molecule has 2 amide bonds. The van der Waals surface area contributed by atoms with Crippen LogP contribution >= 0.6 is 0 Å². The van der Waals surface area contributed by atoms with Gasteiger partial charge < -0.3 is 15.2 Å². The molecule has 0 aliphatic carbocycles. The van der Waals surface area contributed by atoms with E-state index in [-0.39, 0.29) is 24.2 Å². The fraction of sp³-hybridized carbons (Fsp3) is 0.615. The highest BCUT2D eigenvalue weighted by Crippen LogP contribution is 2.13. The van der Waals surface area contributed by atoms with Crippen LogP contribution in [0.1, 0.15) is 51.3 Å². The lowest BCUT2D eigenvalue weighted by molar-refractivity contribution is 0.232. The largest absolute Gasteiger partial charge is 0.337 e. The Labute approximate surface area is 128 Å². The van der Waals surface area contributed by atoms with Crippen LogP contribution in [0.3, 0.4) is 0 Å². The molecular weight excluding hydrogens is 286 g/mol. The Morgan fingerprint density at radius 1 is 1.45 bits per heavy atom. The highest BCUT2D eigenvalue weighted by Gasteiger charge is 2.19. The topological polar surface area (TPSA) is 111 Å². The number of rotatable bonds is 4. The van der Waals surface area contributed by atoms with Gasteiger partial charge in [-0.1, -0.05) is 5.16 Å². The maximum absolute atomic E-state index is 11.9. The highest BCUT2D eigenvalue weighted by atomic mass is 16.5. The van der Waals surface area contributed by atoms with Gasteiger partial charge in [0.15, 0.2) is 5.82 Å². The van der Waals surface area contributed by atoms with Crippen molar-refractivity contribution in [1.29, 1.82) is 0 Å². The summed E-state index contributed by atoms with van der Waals surface area (Å²) in [4.78, 5) is 20.2. The maximum Gasteiger partial charge on any atom is 0.315 e. The van der Waals surface area contributed by atoms with Crippen LogP contribution in [0.25, 0.3) is 0 Å². The van der Waals surface area contributed by atoms with Crippen LogP contribution in [0, 0.1) is 6.92 Å². The summed E-state index contributed by atoms with van der Waals surface area (Å²) in [5.74, 6) is 1.58. The summed E-state index contributed by atoms with van der Waals surface area (Å²) in [6.45, 7) is 9.82. The molecule has 0 saturated heterocycles. The van der Waals surface area contributed by atoms with Crippen LogP contribution in [0.5, 0.6) is 0 Å². The van der Waals surface area contributed by atoms with Gasteiger partial charge in [0.25, 0.3) is 0 Å². The summed E-state index contributed by atoms with van der Waals surface area (Å²) >= 11 is 0. The molecule has 0 aromatic carbocycles. The Hall–Kier alpha value is -2.45. The molecule has 0 fully saturated rings. The van der Waals surface area contributed by atoms with E-state index in [0.29, 0.717) is 17.5 Å². The summed E-state index contributed by atoms with van der Waals surface area (Å²) in [6, 6.07) is -0.714. The van der Waals surface area contributed by atoms with Crippen molar-refractivity contribution in [3.8, 4) is 0 Å². The lowest BCUT2D eigenvalue weighted by Crippen LogP contribution is -2.38. The maximum atomic E-state index is 11.9. The molecule has 0 spiro atoms. The summed E-state index contributed by atoms with van der Waals surface area (Å²) in [6.07, 6.45) is 1.48. The third-order valence-corrected chi connectivity index (χ3v) is 2.92. The number of aryl methyl sites for hydroxylation is 1. The van der Waals surface area contributed by atoms with E-state index in [4.69, 9.17) is 4.52 Å². The van der Waals surface area contributed by atoms with Crippen molar-refractivity contribution < 1.29 is 9.32 Å². The molecule has 2 aromatic rings. The molecule has 2 rings (SSSR count). The number of carbonyl (C=O) groups excluding carboxylic acids is 1. The van der Waals surface area contributed by atoms with Gasteiger partial charge in [-0.05, 0) is 34.6 Å². The van der Waals surface area contributed by atoms with Crippen molar-refractivity contribution in [2.24, 2.45) is 0 Å². The minimum Gasteiger partial charge on any atom is -0.337 e. The van der Waals surface area contributed by atoms with Gasteiger partial charge in [-0.2, -0.15) is 10.1 Å². The van der Waals surface area contributed by atoms with Crippen LogP contribution in [-0.4, -0.2) is 30.9 Å². The quantitative estimate of drug-likeness (QED) is 0.880. The van der Waals surface area contributed by atoms with Crippen molar-refractivity contribution in [3.05, 3.63) is 23.9 Å². The van der Waals surface area contributed by atoms with Gasteiger partial charge in [0, 0.05) is 0 Å². The Morgan fingerprint density at radius 3 is 2.77 bits per heavy atom. The second-order valence-electron chi connectivity index (χ2n) is 5.99. The van der Waals surface area contributed by atoms with E-state index in [9.17, 15) is 4.79 Å². The smallest absolute Gasteiger partial charge is 0.315 e. The molecule has 0 aliphatic heterocycles. The highest BCUT2D eigenvalue weighted by molar-refractivity contribution is 5.74. The second kappa shape index (κ2) is 6.12. The first-order valence-corrected chi connectivity index (χ1v) is 7.01. The first kappa shape index (κ1) is 15.9. The van der Waals surface area contributed by atoms with Crippen molar-refractivity contribution in [3.63, 3.8) is 0 Å². The average Bonchev–Trinajstić information content (AvgIpc) is 3.04. The minimum atomic E-state index is -0.373. The molecule has 0 saturated carbocycles. The van der Waals surface area contributed by atoms with E-state index in [2.05, 4.69) is 30.9 Å². The van der Waals surface area contributed by atoms with Gasteiger partial charge in [0.05, 0.1) is 12.1 Å². The molecule has 120 valence electrons. The van der Waals surface area contributed by atoms with E-state index >= 15 is 0 Å². The van der Waals surface area contributed by atoms with Gasteiger partial charge in [0.2, 0.25) is 5.89 Å². The summed E-state index contributed by atoms with van der Waals surface area (Å²) in [5, 5.41) is 13.3. The Bertz CT molecular complexity index is 641. The molecular formula is C13H21N7O2. The summed E-state index contributed by atoms with van der Waals surface area (Å²) in [7, 11) is 0. The first-order chi connectivity index (χ1) is 10.3. The standard InChI is InChI=1S/C13H21N7O2/c1-8(11-18-9(2)19-22-11)17-12(21)14-6-10-15-7-16-20(10)13(3,4)5/h7-8H,6H2,1-5H3,(H2,14,17,21). The SMILES string of the molecule is Cc1noc(C(C)NC(=O)NCc2ncnn2C(C)(C)C)n1. The van der Waals surface area contributed by atoms with Crippen LogP contribution < -0.4 is 10.6 Å². The normalized spacial score (nSPS) is 13.0. The van der Waals surface area contributed by atoms with E-state index in [0.717, 1.165) is 0 Å². The molecule has 2 heterocycles. The number of nitrogens with zero attached hydrogens (tertiary/aromatic N) is 5. The molecule has 9 nitrogen and oxygen atoms in total. The number of aromatic nitrogens is 5. The zero-order chi connectivity index (χ0) is 16.3. The van der Waals surface area contributed by atoms with Gasteiger partial charge >= 0.3 is 6.03 Å². The third-order valence-electron chi connectivity index (χ3n) is 2.92. The van der Waals surface area contributed by atoms with E-state index in [1.807, 2.05) is 20.8 Å². The van der Waals surface area contributed by atoms with Gasteiger partial charge in [-0.3, -0.25) is 0 Å². The fourth-order valence-corrected chi connectivity index (χ4v) is 1.90. The van der Waals surface area contributed by atoms with Crippen LogP contribution in [0.4, 0.5) is 4.79 Å². The van der Waals surface area contributed by atoms with Crippen molar-refractivity contribution >= 4 is 6.03 Å². The Balaban J connectivity index is 1.90. The number of carbonyl (C=O) groups is 1. The van der Waals surface area contributed by atoms with E-state index < -0.39 is 0 Å².